The highest BCUT2D eigenvalue weighted by molar-refractivity contribution is 6.20. The maximum atomic E-state index is 12.8. The van der Waals surface area contributed by atoms with Gasteiger partial charge in [0.25, 0.3) is 5.56 Å². The highest BCUT2D eigenvalue weighted by Crippen LogP contribution is 2.37. The van der Waals surface area contributed by atoms with Gasteiger partial charge in [-0.3, -0.25) is 9.36 Å². The second kappa shape index (κ2) is 5.21. The minimum absolute atomic E-state index is 0.0336. The summed E-state index contributed by atoms with van der Waals surface area (Å²) in [5.41, 5.74) is 0.765. The third kappa shape index (κ3) is 2.47. The average Bonchev–Trinajstić information content (AvgIpc) is 3.22. The molecule has 0 N–H and O–H groups in total. The molecule has 2 unspecified atom stereocenters. The van der Waals surface area contributed by atoms with Gasteiger partial charge in [0.15, 0.2) is 0 Å². The van der Waals surface area contributed by atoms with Gasteiger partial charge in [-0.05, 0) is 38.3 Å². The summed E-state index contributed by atoms with van der Waals surface area (Å²) in [5.74, 6) is 1.45. The first-order chi connectivity index (χ1) is 9.58. The summed E-state index contributed by atoms with van der Waals surface area (Å²) in [6.45, 7) is 3.97. The number of nitrogens with zero attached hydrogens (tertiary/aromatic N) is 2. The van der Waals surface area contributed by atoms with Crippen LogP contribution in [0.5, 0.6) is 0 Å². The summed E-state index contributed by atoms with van der Waals surface area (Å²) in [5, 5.41) is 0.408. The van der Waals surface area contributed by atoms with Gasteiger partial charge in [-0.25, -0.2) is 4.98 Å². The predicted molar refractivity (Wildman–Crippen MR) is 82.3 cm³/mol. The number of para-hydroxylation sites is 1. The molecule has 1 fully saturated rings. The maximum absolute atomic E-state index is 12.8. The summed E-state index contributed by atoms with van der Waals surface area (Å²) in [7, 11) is 0. The second-order valence-electron chi connectivity index (χ2n) is 5.81. The van der Waals surface area contributed by atoms with Crippen LogP contribution in [0.2, 0.25) is 0 Å². The van der Waals surface area contributed by atoms with Crippen molar-refractivity contribution in [2.24, 2.45) is 5.92 Å². The lowest BCUT2D eigenvalue weighted by atomic mass is 10.1. The van der Waals surface area contributed by atoms with E-state index in [1.807, 2.05) is 31.2 Å². The van der Waals surface area contributed by atoms with E-state index < -0.39 is 0 Å². The topological polar surface area (TPSA) is 34.9 Å². The molecule has 0 amide bonds. The van der Waals surface area contributed by atoms with Crippen LogP contribution in [0.25, 0.3) is 10.9 Å². The Hall–Kier alpha value is -1.35. The van der Waals surface area contributed by atoms with Gasteiger partial charge in [-0.2, -0.15) is 0 Å². The Labute approximate surface area is 123 Å². The Morgan fingerprint density at radius 1 is 1.35 bits per heavy atom. The lowest BCUT2D eigenvalue weighted by Gasteiger charge is -2.21. The Bertz CT molecular complexity index is 688. The van der Waals surface area contributed by atoms with Crippen LogP contribution in [0, 0.1) is 5.92 Å². The lowest BCUT2D eigenvalue weighted by molar-refractivity contribution is 0.445. The summed E-state index contributed by atoms with van der Waals surface area (Å²) >= 11 is 6.25. The molecule has 0 aliphatic heterocycles. The van der Waals surface area contributed by atoms with Crippen LogP contribution >= 0.6 is 11.6 Å². The number of rotatable bonds is 4. The van der Waals surface area contributed by atoms with E-state index in [-0.39, 0.29) is 17.0 Å². The standard InChI is InChI=1S/C16H19ClN2O/c1-10(9-12-7-8-12)19-15(11(2)17)18-14-6-4-3-5-13(14)16(19)20/h3-6,10-12H,7-9H2,1-2H3. The van der Waals surface area contributed by atoms with E-state index in [0.29, 0.717) is 11.2 Å². The van der Waals surface area contributed by atoms with Crippen LogP contribution in [-0.2, 0) is 0 Å². The minimum atomic E-state index is -0.269. The molecule has 1 aliphatic rings. The third-order valence-electron chi connectivity index (χ3n) is 4.00. The average molecular weight is 291 g/mol. The zero-order chi connectivity index (χ0) is 14.3. The van der Waals surface area contributed by atoms with Gasteiger partial charge in [0, 0.05) is 6.04 Å². The zero-order valence-corrected chi connectivity index (χ0v) is 12.6. The first kappa shape index (κ1) is 13.6. The minimum Gasteiger partial charge on any atom is -0.292 e. The van der Waals surface area contributed by atoms with Crippen molar-refractivity contribution in [2.75, 3.05) is 0 Å². The van der Waals surface area contributed by atoms with Gasteiger partial charge in [0.1, 0.15) is 5.82 Å². The number of fused-ring (bicyclic) bond motifs is 1. The van der Waals surface area contributed by atoms with E-state index in [2.05, 4.69) is 11.9 Å². The van der Waals surface area contributed by atoms with Gasteiger partial charge < -0.3 is 0 Å². The van der Waals surface area contributed by atoms with Crippen LogP contribution in [-0.4, -0.2) is 9.55 Å². The van der Waals surface area contributed by atoms with Crippen molar-refractivity contribution in [1.29, 1.82) is 0 Å². The van der Waals surface area contributed by atoms with Crippen LogP contribution in [0.1, 0.15) is 50.4 Å². The first-order valence-corrected chi connectivity index (χ1v) is 7.67. The molecular weight excluding hydrogens is 272 g/mol. The molecule has 4 heteroatoms. The molecule has 3 nitrogen and oxygen atoms in total. The van der Waals surface area contributed by atoms with Crippen molar-refractivity contribution < 1.29 is 0 Å². The fourth-order valence-corrected chi connectivity index (χ4v) is 2.96. The molecule has 1 heterocycles. The fraction of sp³-hybridized carbons (Fsp3) is 0.500. The molecule has 20 heavy (non-hydrogen) atoms. The van der Waals surface area contributed by atoms with E-state index in [9.17, 15) is 4.79 Å². The summed E-state index contributed by atoms with van der Waals surface area (Å²) < 4.78 is 1.80. The van der Waals surface area contributed by atoms with Crippen molar-refractivity contribution >= 4 is 22.5 Å². The summed E-state index contributed by atoms with van der Waals surface area (Å²) in [6, 6.07) is 7.65. The van der Waals surface area contributed by atoms with E-state index in [1.165, 1.54) is 12.8 Å². The van der Waals surface area contributed by atoms with Gasteiger partial charge in [-0.15, -0.1) is 11.6 Å². The Balaban J connectivity index is 2.18. The molecule has 2 atom stereocenters. The molecule has 0 saturated heterocycles. The maximum Gasteiger partial charge on any atom is 0.261 e. The molecule has 3 rings (SSSR count). The monoisotopic (exact) mass is 290 g/mol. The van der Waals surface area contributed by atoms with Crippen molar-refractivity contribution in [1.82, 2.24) is 9.55 Å². The number of hydrogen-bond acceptors (Lipinski definition) is 2. The van der Waals surface area contributed by atoms with Gasteiger partial charge >= 0.3 is 0 Å². The summed E-state index contributed by atoms with van der Waals surface area (Å²) in [4.78, 5) is 17.4. The summed E-state index contributed by atoms with van der Waals surface area (Å²) in [6.07, 6.45) is 3.61. The normalized spacial score (nSPS) is 18.1. The largest absolute Gasteiger partial charge is 0.292 e. The zero-order valence-electron chi connectivity index (χ0n) is 11.8. The quantitative estimate of drug-likeness (QED) is 0.796. The van der Waals surface area contributed by atoms with Crippen LogP contribution in [0.15, 0.2) is 29.1 Å². The Morgan fingerprint density at radius 3 is 2.70 bits per heavy atom. The van der Waals surface area contributed by atoms with Crippen molar-refractivity contribution in [2.45, 2.75) is 44.5 Å². The smallest absolute Gasteiger partial charge is 0.261 e. The Kier molecular flexibility index (Phi) is 3.55. The lowest BCUT2D eigenvalue weighted by Crippen LogP contribution is -2.28. The molecular formula is C16H19ClN2O. The first-order valence-electron chi connectivity index (χ1n) is 7.23. The van der Waals surface area contributed by atoms with Gasteiger partial charge in [-0.1, -0.05) is 25.0 Å². The molecule has 0 bridgehead atoms. The van der Waals surface area contributed by atoms with E-state index >= 15 is 0 Å². The number of hydrogen-bond donors (Lipinski definition) is 0. The highest BCUT2D eigenvalue weighted by atomic mass is 35.5. The van der Waals surface area contributed by atoms with Crippen molar-refractivity contribution in [3.8, 4) is 0 Å². The number of aromatic nitrogens is 2. The third-order valence-corrected chi connectivity index (χ3v) is 4.20. The molecule has 1 aromatic carbocycles. The molecule has 0 spiro atoms. The van der Waals surface area contributed by atoms with E-state index in [4.69, 9.17) is 11.6 Å². The molecule has 1 aromatic heterocycles. The van der Waals surface area contributed by atoms with Gasteiger partial charge in [0.05, 0.1) is 16.3 Å². The fourth-order valence-electron chi connectivity index (χ4n) is 2.81. The molecule has 1 aliphatic carbocycles. The van der Waals surface area contributed by atoms with E-state index in [0.717, 1.165) is 17.9 Å². The predicted octanol–water partition coefficient (Wildman–Crippen LogP) is 4.06. The molecule has 106 valence electrons. The molecule has 0 radical (unpaired) electrons. The van der Waals surface area contributed by atoms with Crippen LogP contribution in [0.4, 0.5) is 0 Å². The van der Waals surface area contributed by atoms with Gasteiger partial charge in [0.2, 0.25) is 0 Å². The van der Waals surface area contributed by atoms with Crippen molar-refractivity contribution in [3.63, 3.8) is 0 Å². The number of halogens is 1. The molecule has 2 aromatic rings. The highest BCUT2D eigenvalue weighted by Gasteiger charge is 2.27. The van der Waals surface area contributed by atoms with E-state index in [1.54, 1.807) is 4.57 Å². The Morgan fingerprint density at radius 2 is 2.05 bits per heavy atom. The van der Waals surface area contributed by atoms with Crippen molar-refractivity contribution in [3.05, 3.63) is 40.4 Å². The number of alkyl halides is 1. The molecule has 1 saturated carbocycles. The SMILES string of the molecule is CC(Cl)c1nc2ccccc2c(=O)n1C(C)CC1CC1. The van der Waals surface area contributed by atoms with Crippen LogP contribution < -0.4 is 5.56 Å². The second-order valence-corrected chi connectivity index (χ2v) is 6.46. The number of benzene rings is 1. The van der Waals surface area contributed by atoms with Crippen LogP contribution in [0.3, 0.4) is 0 Å².